The van der Waals surface area contributed by atoms with Crippen LogP contribution in [0.15, 0.2) is 5.16 Å². The normalized spacial score (nSPS) is 18.2. The predicted molar refractivity (Wildman–Crippen MR) is 96.7 cm³/mol. The second-order valence-corrected chi connectivity index (χ2v) is 7.89. The minimum absolute atomic E-state index is 0.0453. The number of rotatable bonds is 7. The SMILES string of the molecule is CC(=O)c1c(C)[nH]c(C(=O)[C@@H](C)Sc2nnnn2C[C@H]2CCCO2)c1C. The number of aryl methyl sites for hydroxylation is 1. The van der Waals surface area contributed by atoms with Crippen molar-refractivity contribution in [3.8, 4) is 0 Å². The molecule has 0 spiro atoms. The van der Waals surface area contributed by atoms with E-state index < -0.39 is 0 Å². The monoisotopic (exact) mass is 377 g/mol. The summed E-state index contributed by atoms with van der Waals surface area (Å²) in [5.74, 6) is -0.120. The molecule has 26 heavy (non-hydrogen) atoms. The summed E-state index contributed by atoms with van der Waals surface area (Å²) in [6.07, 6.45) is 2.16. The Balaban J connectivity index is 1.73. The van der Waals surface area contributed by atoms with Gasteiger partial charge in [-0.2, -0.15) is 0 Å². The van der Waals surface area contributed by atoms with Gasteiger partial charge in [-0.15, -0.1) is 5.10 Å². The number of aromatic amines is 1. The molecule has 1 saturated heterocycles. The van der Waals surface area contributed by atoms with Gasteiger partial charge in [0.1, 0.15) is 0 Å². The fraction of sp³-hybridized carbons (Fsp3) is 0.588. The molecule has 1 fully saturated rings. The van der Waals surface area contributed by atoms with Gasteiger partial charge in [0.15, 0.2) is 11.6 Å². The molecule has 0 bridgehead atoms. The molecule has 140 valence electrons. The number of carbonyl (C=O) groups excluding carboxylic acids is 2. The molecule has 9 heteroatoms. The van der Waals surface area contributed by atoms with Gasteiger partial charge < -0.3 is 9.72 Å². The predicted octanol–water partition coefficient (Wildman–Crippen LogP) is 2.36. The number of aromatic nitrogens is 5. The van der Waals surface area contributed by atoms with E-state index in [0.717, 1.165) is 25.1 Å². The molecule has 1 aliphatic heterocycles. The number of carbonyl (C=O) groups is 2. The molecule has 2 aromatic rings. The maximum atomic E-state index is 12.9. The first kappa shape index (κ1) is 18.8. The largest absolute Gasteiger partial charge is 0.376 e. The van der Waals surface area contributed by atoms with E-state index in [1.165, 1.54) is 18.7 Å². The van der Waals surface area contributed by atoms with Crippen LogP contribution in [-0.4, -0.2) is 54.7 Å². The van der Waals surface area contributed by atoms with Crippen LogP contribution >= 0.6 is 11.8 Å². The lowest BCUT2D eigenvalue weighted by Gasteiger charge is -2.12. The zero-order valence-corrected chi connectivity index (χ0v) is 16.2. The van der Waals surface area contributed by atoms with E-state index in [1.54, 1.807) is 18.5 Å². The molecule has 3 rings (SSSR count). The number of ketones is 2. The average Bonchev–Trinajstić information content (AvgIpc) is 3.29. The highest BCUT2D eigenvalue weighted by molar-refractivity contribution is 8.00. The first-order valence-corrected chi connectivity index (χ1v) is 9.55. The number of thioether (sulfide) groups is 1. The molecule has 3 heterocycles. The molecule has 0 aliphatic carbocycles. The van der Waals surface area contributed by atoms with Gasteiger partial charge in [-0.3, -0.25) is 9.59 Å². The van der Waals surface area contributed by atoms with E-state index in [2.05, 4.69) is 20.5 Å². The highest BCUT2D eigenvalue weighted by Crippen LogP contribution is 2.27. The number of Topliss-reactive ketones (excluding diaryl/α,β-unsaturated/α-hetero) is 2. The van der Waals surface area contributed by atoms with Crippen molar-refractivity contribution >= 4 is 23.3 Å². The third-order valence-corrected chi connectivity index (χ3v) is 5.66. The summed E-state index contributed by atoms with van der Waals surface area (Å²) >= 11 is 1.31. The van der Waals surface area contributed by atoms with Crippen LogP contribution in [0.1, 0.15) is 58.8 Å². The standard InChI is InChI=1S/C17H23N5O3S/c1-9-14(11(3)23)10(2)18-15(9)16(24)12(4)26-17-19-20-21-22(17)8-13-6-5-7-25-13/h12-13,18H,5-8H2,1-4H3/t12-,13-/m1/s1. The van der Waals surface area contributed by atoms with Crippen molar-refractivity contribution in [3.05, 3.63) is 22.5 Å². The quantitative estimate of drug-likeness (QED) is 0.583. The van der Waals surface area contributed by atoms with Gasteiger partial charge in [-0.1, -0.05) is 11.8 Å². The molecule has 1 N–H and O–H groups in total. The molecule has 8 nitrogen and oxygen atoms in total. The lowest BCUT2D eigenvalue weighted by molar-refractivity contribution is 0.0911. The number of tetrazole rings is 1. The highest BCUT2D eigenvalue weighted by atomic mass is 32.2. The number of nitrogens with one attached hydrogen (secondary N) is 1. The lowest BCUT2D eigenvalue weighted by Crippen LogP contribution is -2.19. The minimum Gasteiger partial charge on any atom is -0.376 e. The fourth-order valence-corrected chi connectivity index (χ4v) is 4.17. The van der Waals surface area contributed by atoms with Gasteiger partial charge in [0, 0.05) is 17.9 Å². The highest BCUT2D eigenvalue weighted by Gasteiger charge is 2.26. The first-order valence-electron chi connectivity index (χ1n) is 8.67. The average molecular weight is 377 g/mol. The van der Waals surface area contributed by atoms with E-state index in [1.807, 2.05) is 6.92 Å². The molecule has 0 amide bonds. The Morgan fingerprint density at radius 1 is 1.42 bits per heavy atom. The van der Waals surface area contributed by atoms with Crippen LogP contribution in [0.4, 0.5) is 0 Å². The zero-order chi connectivity index (χ0) is 18.8. The molecule has 2 atom stereocenters. The summed E-state index contributed by atoms with van der Waals surface area (Å²) in [6, 6.07) is 0. The van der Waals surface area contributed by atoms with Gasteiger partial charge >= 0.3 is 0 Å². The van der Waals surface area contributed by atoms with Crippen molar-refractivity contribution in [3.63, 3.8) is 0 Å². The maximum Gasteiger partial charge on any atom is 0.210 e. The third kappa shape index (κ3) is 3.73. The second-order valence-electron chi connectivity index (χ2n) is 6.58. The number of hydrogen-bond acceptors (Lipinski definition) is 7. The van der Waals surface area contributed by atoms with E-state index in [-0.39, 0.29) is 22.9 Å². The van der Waals surface area contributed by atoms with Crippen LogP contribution in [0.5, 0.6) is 0 Å². The number of ether oxygens (including phenoxy) is 1. The number of H-pyrrole nitrogens is 1. The minimum atomic E-state index is -0.388. The molecule has 0 radical (unpaired) electrons. The fourth-order valence-electron chi connectivity index (χ4n) is 3.32. The summed E-state index contributed by atoms with van der Waals surface area (Å²) in [5, 5.41) is 12.0. The van der Waals surface area contributed by atoms with E-state index in [4.69, 9.17) is 4.74 Å². The van der Waals surface area contributed by atoms with Gasteiger partial charge in [-0.25, -0.2) is 4.68 Å². The molecule has 0 saturated carbocycles. The molecule has 1 aliphatic rings. The van der Waals surface area contributed by atoms with Crippen LogP contribution in [0, 0.1) is 13.8 Å². The second kappa shape index (κ2) is 7.71. The van der Waals surface area contributed by atoms with Gasteiger partial charge in [-0.05, 0) is 56.5 Å². The van der Waals surface area contributed by atoms with Crippen molar-refractivity contribution in [2.75, 3.05) is 6.61 Å². The van der Waals surface area contributed by atoms with E-state index >= 15 is 0 Å². The van der Waals surface area contributed by atoms with E-state index in [9.17, 15) is 9.59 Å². The van der Waals surface area contributed by atoms with Crippen molar-refractivity contribution in [1.29, 1.82) is 0 Å². The van der Waals surface area contributed by atoms with Crippen LogP contribution in [0.3, 0.4) is 0 Å². The Morgan fingerprint density at radius 3 is 2.81 bits per heavy atom. The van der Waals surface area contributed by atoms with Crippen LogP contribution in [0.25, 0.3) is 0 Å². The Kier molecular flexibility index (Phi) is 5.57. The Labute approximate surface area is 156 Å². The summed E-state index contributed by atoms with van der Waals surface area (Å²) in [4.78, 5) is 27.7. The summed E-state index contributed by atoms with van der Waals surface area (Å²) in [7, 11) is 0. The van der Waals surface area contributed by atoms with Crippen LogP contribution in [0.2, 0.25) is 0 Å². The van der Waals surface area contributed by atoms with E-state index in [0.29, 0.717) is 28.5 Å². The van der Waals surface area contributed by atoms with Gasteiger partial charge in [0.2, 0.25) is 5.16 Å². The number of nitrogens with zero attached hydrogens (tertiary/aromatic N) is 4. The van der Waals surface area contributed by atoms with Crippen molar-refractivity contribution in [2.45, 2.75) is 63.6 Å². The van der Waals surface area contributed by atoms with Crippen LogP contribution < -0.4 is 0 Å². The third-order valence-electron chi connectivity index (χ3n) is 4.59. The smallest absolute Gasteiger partial charge is 0.210 e. The Bertz CT molecular complexity index is 822. The molecule has 2 aromatic heterocycles. The number of hydrogen-bond donors (Lipinski definition) is 1. The topological polar surface area (TPSA) is 103 Å². The maximum absolute atomic E-state index is 12.9. The summed E-state index contributed by atoms with van der Waals surface area (Å²) < 4.78 is 7.32. The summed E-state index contributed by atoms with van der Waals surface area (Å²) in [5.41, 5.74) is 2.49. The van der Waals surface area contributed by atoms with Crippen molar-refractivity contribution < 1.29 is 14.3 Å². The Morgan fingerprint density at radius 2 is 2.19 bits per heavy atom. The van der Waals surface area contributed by atoms with Crippen molar-refractivity contribution in [1.82, 2.24) is 25.2 Å². The van der Waals surface area contributed by atoms with Crippen molar-refractivity contribution in [2.24, 2.45) is 0 Å². The molecule has 0 aromatic carbocycles. The summed E-state index contributed by atoms with van der Waals surface area (Å²) in [6.45, 7) is 8.29. The zero-order valence-electron chi connectivity index (χ0n) is 15.4. The van der Waals surface area contributed by atoms with Gasteiger partial charge in [0.05, 0.1) is 23.6 Å². The molecular formula is C17H23N5O3S. The molecular weight excluding hydrogens is 354 g/mol. The Hall–Kier alpha value is -2.00. The van der Waals surface area contributed by atoms with Crippen LogP contribution in [-0.2, 0) is 11.3 Å². The molecule has 0 unspecified atom stereocenters. The lowest BCUT2D eigenvalue weighted by atomic mass is 10.0. The first-order chi connectivity index (χ1) is 12.4. The van der Waals surface area contributed by atoms with Gasteiger partial charge in [0.25, 0.3) is 0 Å².